The summed E-state index contributed by atoms with van der Waals surface area (Å²) in [4.78, 5) is 37.2. The maximum atomic E-state index is 12.9. The summed E-state index contributed by atoms with van der Waals surface area (Å²) in [5, 5.41) is 33.5. The van der Waals surface area contributed by atoms with E-state index in [9.17, 15) is 29.7 Å². The number of hydrogen-bond acceptors (Lipinski definition) is 7. The predicted octanol–water partition coefficient (Wildman–Crippen LogP) is 5.82. The molecule has 0 amide bonds. The highest BCUT2D eigenvalue weighted by molar-refractivity contribution is 6.13. The number of fused-ring (bicyclic) bond motifs is 7. The molecule has 1 aromatic heterocycles. The Kier molecular flexibility index (Phi) is 8.78. The molecule has 0 bridgehead atoms. The van der Waals surface area contributed by atoms with Crippen LogP contribution in [0.2, 0.25) is 0 Å². The number of benzene rings is 3. The smallest absolute Gasteiger partial charge is 0.345 e. The molecule has 0 aliphatic heterocycles. The molecule has 8 nitrogen and oxygen atoms in total. The molecule has 3 aromatic carbocycles. The maximum absolute atomic E-state index is 12.9. The predicted molar refractivity (Wildman–Crippen MR) is 189 cm³/mol. The van der Waals surface area contributed by atoms with Crippen LogP contribution in [-0.2, 0) is 16.6 Å². The van der Waals surface area contributed by atoms with Crippen molar-refractivity contribution in [1.82, 2.24) is 0 Å². The molecule has 0 radical (unpaired) electrons. The van der Waals surface area contributed by atoms with Gasteiger partial charge in [0.05, 0.1) is 22.4 Å². The first-order valence-corrected chi connectivity index (χ1v) is 17.8. The van der Waals surface area contributed by atoms with E-state index in [0.29, 0.717) is 30.6 Å². The van der Waals surface area contributed by atoms with Crippen molar-refractivity contribution in [2.24, 2.45) is 35.6 Å². The maximum Gasteiger partial charge on any atom is 0.345 e. The minimum Gasteiger partial charge on any atom is -0.423 e. The minimum atomic E-state index is -1.54. The molecule has 3 saturated carbocycles. The number of hydrogen-bond donors (Lipinski definition) is 3. The van der Waals surface area contributed by atoms with E-state index in [0.717, 1.165) is 47.5 Å². The van der Waals surface area contributed by atoms with Crippen LogP contribution in [0.25, 0.3) is 21.8 Å². The number of allylic oxidation sites excluding steroid dienone is 1. The summed E-state index contributed by atoms with van der Waals surface area (Å²) < 4.78 is 7.71. The summed E-state index contributed by atoms with van der Waals surface area (Å²) in [7, 11) is 2.01. The summed E-state index contributed by atoms with van der Waals surface area (Å²) in [6, 6.07) is 24.9. The van der Waals surface area contributed by atoms with Gasteiger partial charge in [-0.2, -0.15) is 4.57 Å². The second-order valence-electron chi connectivity index (χ2n) is 15.2. The first kappa shape index (κ1) is 34.2. The normalized spacial score (nSPS) is 31.5. The van der Waals surface area contributed by atoms with Gasteiger partial charge in [-0.05, 0) is 92.0 Å². The van der Waals surface area contributed by atoms with E-state index in [1.54, 1.807) is 18.2 Å². The molecular weight excluding hydrogens is 630 g/mol. The fourth-order valence-corrected chi connectivity index (χ4v) is 10.4. The molecule has 3 fully saturated rings. The molecule has 50 heavy (non-hydrogen) atoms. The standard InChI is InChI=1S/C21H16NO2.C21H30O5/c1-22-18-13-7-5-11-16(18)20(17-12-6-8-14-19(17)22)21(23)24-15-9-3-2-4-10-15;1-19-7-5-13(23)9-12(19)3-4-14-15-6-8-21(26,17(25)11-22)20(15,2)10-16(24)18(14)19/h2-14H,1H3;9,14-16,18,22,24,26H,3-8,10-11H2,1-2H3/q+1;/t;14-,15-,16-,18+,19-,20-,21-/m.0/s1. The number of nitrogens with zero attached hydrogens (tertiary/aromatic N) is 1. The molecule has 7 atom stereocenters. The van der Waals surface area contributed by atoms with Crippen LogP contribution in [0, 0.1) is 28.6 Å². The van der Waals surface area contributed by atoms with Gasteiger partial charge in [0.1, 0.15) is 25.0 Å². The third kappa shape index (κ3) is 5.31. The minimum absolute atomic E-state index is 0.0697. The van der Waals surface area contributed by atoms with Gasteiger partial charge in [0, 0.05) is 24.0 Å². The van der Waals surface area contributed by atoms with Gasteiger partial charge < -0.3 is 20.1 Å². The van der Waals surface area contributed by atoms with Gasteiger partial charge in [0.25, 0.3) is 0 Å². The van der Waals surface area contributed by atoms with Gasteiger partial charge in [-0.25, -0.2) is 4.79 Å². The van der Waals surface area contributed by atoms with Crippen LogP contribution in [0.4, 0.5) is 0 Å². The summed E-state index contributed by atoms with van der Waals surface area (Å²) in [6.07, 6.45) is 5.74. The van der Waals surface area contributed by atoms with Crippen molar-refractivity contribution in [1.29, 1.82) is 0 Å². The van der Waals surface area contributed by atoms with Gasteiger partial charge in [-0.1, -0.05) is 61.9 Å². The Morgan fingerprint density at radius 3 is 2.14 bits per heavy atom. The summed E-state index contributed by atoms with van der Waals surface area (Å²) in [6.45, 7) is 3.46. The molecular formula is C42H46NO7+. The largest absolute Gasteiger partial charge is 0.423 e. The van der Waals surface area contributed by atoms with Crippen LogP contribution in [0.15, 0.2) is 90.5 Å². The van der Waals surface area contributed by atoms with Gasteiger partial charge in [0.15, 0.2) is 11.6 Å². The SMILES string of the molecule is C[C@]12CCC(=O)C=C1CC[C@@H]1[C@@H]2[C@@H](O)C[C@@]2(C)[C@H]1CC[C@]2(O)C(=O)CO.C[n+]1c2ccccc2c(C(=O)Oc2ccccc2)c2ccccc21. The van der Waals surface area contributed by atoms with Crippen LogP contribution in [-0.4, -0.2) is 51.2 Å². The number of para-hydroxylation sites is 3. The Morgan fingerprint density at radius 2 is 1.50 bits per heavy atom. The number of aryl methyl sites for hydroxylation is 1. The van der Waals surface area contributed by atoms with E-state index < -0.39 is 29.5 Å². The average Bonchev–Trinajstić information content (AvgIpc) is 3.39. The highest BCUT2D eigenvalue weighted by Gasteiger charge is 2.68. The number of ketones is 2. The van der Waals surface area contributed by atoms with Crippen molar-refractivity contribution in [3.63, 3.8) is 0 Å². The Labute approximate surface area is 292 Å². The lowest BCUT2D eigenvalue weighted by Crippen LogP contribution is -2.62. The van der Waals surface area contributed by atoms with Gasteiger partial charge in [-0.15, -0.1) is 0 Å². The molecule has 4 aliphatic carbocycles. The molecule has 8 heteroatoms. The van der Waals surface area contributed by atoms with Gasteiger partial charge in [-0.3, -0.25) is 9.59 Å². The summed E-state index contributed by atoms with van der Waals surface area (Å²) >= 11 is 0. The Hall–Kier alpha value is -4.24. The molecule has 1 heterocycles. The molecule has 0 unspecified atom stereocenters. The number of carbonyl (C=O) groups excluding carboxylic acids is 3. The number of pyridine rings is 1. The van der Waals surface area contributed by atoms with E-state index in [4.69, 9.17) is 4.74 Å². The van der Waals surface area contributed by atoms with E-state index in [1.807, 2.05) is 80.7 Å². The van der Waals surface area contributed by atoms with Crippen molar-refractivity contribution in [2.45, 2.75) is 70.5 Å². The van der Waals surface area contributed by atoms with Crippen LogP contribution in [0.3, 0.4) is 0 Å². The van der Waals surface area contributed by atoms with Crippen molar-refractivity contribution >= 4 is 39.3 Å². The van der Waals surface area contributed by atoms with Crippen molar-refractivity contribution in [3.8, 4) is 5.75 Å². The molecule has 3 N–H and O–H groups in total. The van der Waals surface area contributed by atoms with E-state index in [2.05, 4.69) is 11.5 Å². The van der Waals surface area contributed by atoms with E-state index >= 15 is 0 Å². The Bertz CT molecular complexity index is 1970. The number of esters is 1. The zero-order chi connectivity index (χ0) is 35.4. The van der Waals surface area contributed by atoms with Crippen LogP contribution in [0.1, 0.15) is 69.2 Å². The van der Waals surface area contributed by atoms with Crippen molar-refractivity contribution in [3.05, 3.63) is 96.1 Å². The second kappa shape index (κ2) is 12.8. The lowest BCUT2D eigenvalue weighted by molar-refractivity contribution is -0.617. The molecule has 0 spiro atoms. The van der Waals surface area contributed by atoms with Crippen LogP contribution < -0.4 is 9.30 Å². The summed E-state index contributed by atoms with van der Waals surface area (Å²) in [5.74, 6) is 0.347. The fourth-order valence-electron chi connectivity index (χ4n) is 10.4. The third-order valence-corrected chi connectivity index (χ3v) is 12.9. The molecule has 4 aliphatic rings. The molecule has 260 valence electrons. The van der Waals surface area contributed by atoms with E-state index in [1.165, 1.54) is 5.57 Å². The highest BCUT2D eigenvalue weighted by Crippen LogP contribution is 2.67. The highest BCUT2D eigenvalue weighted by atomic mass is 16.5. The summed E-state index contributed by atoms with van der Waals surface area (Å²) in [5.41, 5.74) is 1.36. The Balaban J connectivity index is 0.000000157. The van der Waals surface area contributed by atoms with Crippen LogP contribution in [0.5, 0.6) is 5.75 Å². The molecule has 4 aromatic rings. The Morgan fingerprint density at radius 1 is 0.880 bits per heavy atom. The van der Waals surface area contributed by atoms with E-state index in [-0.39, 0.29) is 34.9 Å². The molecule has 0 saturated heterocycles. The monoisotopic (exact) mass is 676 g/mol. The number of aliphatic hydroxyl groups is 3. The lowest BCUT2D eigenvalue weighted by Gasteiger charge is -2.60. The average molecular weight is 677 g/mol. The van der Waals surface area contributed by atoms with Crippen molar-refractivity contribution in [2.75, 3.05) is 6.61 Å². The number of ether oxygens (including phenoxy) is 1. The molecule has 8 rings (SSSR count). The first-order valence-electron chi connectivity index (χ1n) is 17.8. The second-order valence-corrected chi connectivity index (χ2v) is 15.2. The zero-order valence-electron chi connectivity index (χ0n) is 29.0. The van der Waals surface area contributed by atoms with Crippen LogP contribution >= 0.6 is 0 Å². The number of carbonyl (C=O) groups is 3. The number of rotatable bonds is 4. The lowest BCUT2D eigenvalue weighted by atomic mass is 9.45. The van der Waals surface area contributed by atoms with Crippen molar-refractivity contribution < 1.29 is 39.0 Å². The topological polar surface area (TPSA) is 125 Å². The third-order valence-electron chi connectivity index (χ3n) is 12.9. The quantitative estimate of drug-likeness (QED) is 0.108. The van der Waals surface area contributed by atoms with Gasteiger partial charge >= 0.3 is 5.97 Å². The number of aliphatic hydroxyl groups excluding tert-OH is 2. The number of Topliss-reactive ketones (excluding diaryl/α,β-unsaturated/α-hetero) is 1. The number of aromatic nitrogens is 1. The zero-order valence-corrected chi connectivity index (χ0v) is 29.0. The first-order chi connectivity index (χ1) is 23.9. The van der Waals surface area contributed by atoms with Gasteiger partial charge in [0.2, 0.25) is 11.0 Å². The fraction of sp³-hybridized carbons (Fsp3) is 0.429.